The van der Waals surface area contributed by atoms with Gasteiger partial charge >= 0.3 is 0 Å². The zero-order valence-corrected chi connectivity index (χ0v) is 17.8. The first-order chi connectivity index (χ1) is 14.6. The van der Waals surface area contributed by atoms with E-state index in [2.05, 4.69) is 26.9 Å². The lowest BCUT2D eigenvalue weighted by molar-refractivity contribution is -0.126. The number of rotatable bonds is 10. The number of hydrogen-bond acceptors (Lipinski definition) is 7. The maximum absolute atomic E-state index is 12.3. The fourth-order valence-electron chi connectivity index (χ4n) is 3.04. The van der Waals surface area contributed by atoms with Gasteiger partial charge in [-0.2, -0.15) is 0 Å². The summed E-state index contributed by atoms with van der Waals surface area (Å²) in [5, 5.41) is 14.2. The van der Waals surface area contributed by atoms with Crippen molar-refractivity contribution in [3.8, 4) is 5.75 Å². The predicted molar refractivity (Wildman–Crippen MR) is 115 cm³/mol. The van der Waals surface area contributed by atoms with Crippen molar-refractivity contribution in [3.63, 3.8) is 0 Å². The van der Waals surface area contributed by atoms with Gasteiger partial charge in [0.1, 0.15) is 24.0 Å². The summed E-state index contributed by atoms with van der Waals surface area (Å²) >= 11 is 1.13. The van der Waals surface area contributed by atoms with Gasteiger partial charge in [-0.15, -0.1) is 10.2 Å². The van der Waals surface area contributed by atoms with Crippen LogP contribution in [0.1, 0.15) is 46.9 Å². The summed E-state index contributed by atoms with van der Waals surface area (Å²) in [6.45, 7) is 0.709. The van der Waals surface area contributed by atoms with Gasteiger partial charge in [-0.25, -0.2) is 0 Å². The third-order valence-corrected chi connectivity index (χ3v) is 5.52. The molecule has 1 aliphatic rings. The summed E-state index contributed by atoms with van der Waals surface area (Å²) in [5.74, 6) is 0.200. The second kappa shape index (κ2) is 11.4. The second-order valence-electron chi connectivity index (χ2n) is 6.88. The summed E-state index contributed by atoms with van der Waals surface area (Å²) in [5.41, 5.74) is 2.06. The lowest BCUT2D eigenvalue weighted by Gasteiger charge is -2.12. The maximum atomic E-state index is 12.3. The first kappa shape index (κ1) is 21.9. The normalized spacial score (nSPS) is 13.4. The van der Waals surface area contributed by atoms with Gasteiger partial charge in [0.05, 0.1) is 7.11 Å². The molecule has 0 saturated heterocycles. The molecular formula is C21H26N4O4S. The minimum absolute atomic E-state index is 0.0496. The Morgan fingerprint density at radius 1 is 1.17 bits per heavy atom. The largest absolute Gasteiger partial charge is 0.497 e. The highest BCUT2D eigenvalue weighted by Gasteiger charge is 2.14. The van der Waals surface area contributed by atoms with Gasteiger partial charge in [0, 0.05) is 12.2 Å². The number of hydrogen-bond donors (Lipinski definition) is 2. The molecule has 0 atom stereocenters. The smallest absolute Gasteiger partial charge is 0.286 e. The van der Waals surface area contributed by atoms with Crippen molar-refractivity contribution in [2.75, 3.05) is 25.6 Å². The number of aromatic nitrogens is 2. The van der Waals surface area contributed by atoms with Gasteiger partial charge in [0.25, 0.3) is 5.91 Å². The summed E-state index contributed by atoms with van der Waals surface area (Å²) in [4.78, 5) is 24.1. The number of methoxy groups -OCH3 is 1. The maximum Gasteiger partial charge on any atom is 0.286 e. The molecule has 8 nitrogen and oxygen atoms in total. The molecule has 2 N–H and O–H groups in total. The molecule has 1 aromatic heterocycles. The van der Waals surface area contributed by atoms with Gasteiger partial charge < -0.3 is 20.1 Å². The Kier molecular flexibility index (Phi) is 8.34. The Balaban J connectivity index is 1.35. The number of amides is 2. The number of anilines is 1. The number of nitrogens with one attached hydrogen (secondary N) is 2. The molecule has 0 unspecified atom stereocenters. The zero-order chi connectivity index (χ0) is 21.2. The monoisotopic (exact) mass is 430 g/mol. The predicted octanol–water partition coefficient (Wildman–Crippen LogP) is 3.32. The van der Waals surface area contributed by atoms with Crippen molar-refractivity contribution in [3.05, 3.63) is 45.9 Å². The van der Waals surface area contributed by atoms with Crippen molar-refractivity contribution in [1.82, 2.24) is 15.5 Å². The van der Waals surface area contributed by atoms with Crippen molar-refractivity contribution in [1.29, 1.82) is 0 Å². The number of carbonyl (C=O) groups is 2. The first-order valence-electron chi connectivity index (χ1n) is 9.94. The van der Waals surface area contributed by atoms with E-state index >= 15 is 0 Å². The van der Waals surface area contributed by atoms with Crippen LogP contribution in [0, 0.1) is 0 Å². The van der Waals surface area contributed by atoms with Crippen LogP contribution in [0.4, 0.5) is 5.69 Å². The van der Waals surface area contributed by atoms with E-state index in [9.17, 15) is 9.59 Å². The molecule has 0 radical (unpaired) electrons. The summed E-state index contributed by atoms with van der Waals surface area (Å²) in [6.07, 6.45) is 7.97. The highest BCUT2D eigenvalue weighted by molar-refractivity contribution is 7.13. The van der Waals surface area contributed by atoms with Crippen LogP contribution < -0.4 is 15.4 Å². The van der Waals surface area contributed by atoms with E-state index in [0.29, 0.717) is 23.0 Å². The van der Waals surface area contributed by atoms with E-state index in [4.69, 9.17) is 9.47 Å². The van der Waals surface area contributed by atoms with E-state index in [1.54, 1.807) is 31.4 Å². The van der Waals surface area contributed by atoms with Crippen LogP contribution in [0.2, 0.25) is 0 Å². The van der Waals surface area contributed by atoms with Gasteiger partial charge in [0.15, 0.2) is 0 Å². The molecule has 3 rings (SSSR count). The Labute approximate surface area is 179 Å². The SMILES string of the molecule is COc1ccc(NC(=O)c2nnc(COCC(=O)NCCC3=CCCCC3)s2)cc1. The topological polar surface area (TPSA) is 102 Å². The lowest BCUT2D eigenvalue weighted by atomic mass is 9.97. The van der Waals surface area contributed by atoms with Crippen LogP contribution >= 0.6 is 11.3 Å². The van der Waals surface area contributed by atoms with Crippen molar-refractivity contribution >= 4 is 28.8 Å². The molecule has 1 aromatic carbocycles. The molecule has 30 heavy (non-hydrogen) atoms. The summed E-state index contributed by atoms with van der Waals surface area (Å²) < 4.78 is 10.5. The molecule has 0 fully saturated rings. The molecule has 0 bridgehead atoms. The highest BCUT2D eigenvalue weighted by atomic mass is 32.1. The average Bonchev–Trinajstić information content (AvgIpc) is 3.24. The molecule has 0 aliphatic heterocycles. The molecule has 9 heteroatoms. The molecule has 1 heterocycles. The molecule has 2 amide bonds. The number of benzene rings is 1. The van der Waals surface area contributed by atoms with Crippen LogP contribution in [-0.4, -0.2) is 42.3 Å². The first-order valence-corrected chi connectivity index (χ1v) is 10.8. The minimum atomic E-state index is -0.348. The Hall–Kier alpha value is -2.78. The molecule has 2 aromatic rings. The van der Waals surface area contributed by atoms with Gasteiger partial charge in [-0.3, -0.25) is 9.59 Å². The van der Waals surface area contributed by atoms with Gasteiger partial charge in [-0.1, -0.05) is 23.0 Å². The van der Waals surface area contributed by atoms with Crippen LogP contribution in [0.15, 0.2) is 35.9 Å². The minimum Gasteiger partial charge on any atom is -0.497 e. The summed E-state index contributed by atoms with van der Waals surface area (Å²) in [7, 11) is 1.58. The van der Waals surface area contributed by atoms with E-state index < -0.39 is 0 Å². The van der Waals surface area contributed by atoms with Gasteiger partial charge in [-0.05, 0) is 56.4 Å². The van der Waals surface area contributed by atoms with Crippen molar-refractivity contribution < 1.29 is 19.1 Å². The van der Waals surface area contributed by atoms with E-state index in [1.807, 2.05) is 0 Å². The van der Waals surface area contributed by atoms with Gasteiger partial charge in [0.2, 0.25) is 10.9 Å². The van der Waals surface area contributed by atoms with Crippen LogP contribution in [-0.2, 0) is 16.1 Å². The third kappa shape index (κ3) is 6.93. The number of allylic oxidation sites excluding steroid dienone is 1. The fraction of sp³-hybridized carbons (Fsp3) is 0.429. The Bertz CT molecular complexity index is 879. The molecular weight excluding hydrogens is 404 g/mol. The molecule has 1 aliphatic carbocycles. The molecule has 0 spiro atoms. The van der Waals surface area contributed by atoms with E-state index in [1.165, 1.54) is 18.4 Å². The number of carbonyl (C=O) groups excluding carboxylic acids is 2. The Morgan fingerprint density at radius 3 is 2.73 bits per heavy atom. The average molecular weight is 431 g/mol. The van der Waals surface area contributed by atoms with Crippen LogP contribution in [0.25, 0.3) is 0 Å². The van der Waals surface area contributed by atoms with Crippen molar-refractivity contribution in [2.24, 2.45) is 0 Å². The zero-order valence-electron chi connectivity index (χ0n) is 17.0. The van der Waals surface area contributed by atoms with E-state index in [0.717, 1.165) is 30.6 Å². The molecule has 0 saturated carbocycles. The highest BCUT2D eigenvalue weighted by Crippen LogP contribution is 2.19. The van der Waals surface area contributed by atoms with Crippen LogP contribution in [0.5, 0.6) is 5.75 Å². The van der Waals surface area contributed by atoms with E-state index in [-0.39, 0.29) is 30.0 Å². The number of ether oxygens (including phenoxy) is 2. The molecule has 160 valence electrons. The van der Waals surface area contributed by atoms with Crippen LogP contribution in [0.3, 0.4) is 0 Å². The quantitative estimate of drug-likeness (QED) is 0.561. The second-order valence-corrected chi connectivity index (χ2v) is 7.95. The van der Waals surface area contributed by atoms with Crippen molar-refractivity contribution in [2.45, 2.75) is 38.7 Å². The number of nitrogens with zero attached hydrogens (tertiary/aromatic N) is 2. The fourth-order valence-corrected chi connectivity index (χ4v) is 3.71. The third-order valence-electron chi connectivity index (χ3n) is 4.62. The standard InChI is InChI=1S/C21H26N4O4S/c1-28-17-9-7-16(8-10-17)23-20(27)21-25-24-19(30-21)14-29-13-18(26)22-12-11-15-5-3-2-4-6-15/h5,7-10H,2-4,6,11-14H2,1H3,(H,22,26)(H,23,27). The summed E-state index contributed by atoms with van der Waals surface area (Å²) in [6, 6.07) is 6.99. The Morgan fingerprint density at radius 2 is 2.00 bits per heavy atom. The lowest BCUT2D eigenvalue weighted by Crippen LogP contribution is -2.28.